The van der Waals surface area contributed by atoms with Gasteiger partial charge in [-0.1, -0.05) is 6.07 Å². The highest BCUT2D eigenvalue weighted by Gasteiger charge is 2.25. The lowest BCUT2D eigenvalue weighted by Gasteiger charge is -2.28. The van der Waals surface area contributed by atoms with Crippen LogP contribution in [0, 0.1) is 0 Å². The standard InChI is InChI=1S/C13H18N2O2S/c1-15(9-6-7-18-8-9)12-10(13(16)17-2)4-3-5-11(12)14/h3-5,9H,6-8,14H2,1-2H3. The summed E-state index contributed by atoms with van der Waals surface area (Å²) < 4.78 is 4.82. The Morgan fingerprint density at radius 3 is 2.94 bits per heavy atom. The number of rotatable bonds is 3. The number of benzene rings is 1. The van der Waals surface area contributed by atoms with Gasteiger partial charge in [0.25, 0.3) is 0 Å². The van der Waals surface area contributed by atoms with Crippen LogP contribution in [0.1, 0.15) is 16.8 Å². The summed E-state index contributed by atoms with van der Waals surface area (Å²) in [5.41, 5.74) is 7.98. The minimum absolute atomic E-state index is 0.338. The molecule has 0 radical (unpaired) electrons. The Balaban J connectivity index is 2.38. The highest BCUT2D eigenvalue weighted by atomic mass is 32.2. The molecule has 2 N–H and O–H groups in total. The van der Waals surface area contributed by atoms with Crippen LogP contribution in [0.2, 0.25) is 0 Å². The Kier molecular flexibility index (Phi) is 4.01. The maximum absolute atomic E-state index is 11.8. The van der Waals surface area contributed by atoms with Crippen molar-refractivity contribution in [2.75, 3.05) is 36.3 Å². The van der Waals surface area contributed by atoms with E-state index in [4.69, 9.17) is 10.5 Å². The minimum Gasteiger partial charge on any atom is -0.465 e. The number of hydrogen-bond acceptors (Lipinski definition) is 5. The van der Waals surface area contributed by atoms with Crippen molar-refractivity contribution in [2.24, 2.45) is 0 Å². The molecule has 1 aromatic carbocycles. The molecule has 1 saturated heterocycles. The van der Waals surface area contributed by atoms with E-state index in [1.54, 1.807) is 12.1 Å². The van der Waals surface area contributed by atoms with Crippen molar-refractivity contribution < 1.29 is 9.53 Å². The number of carbonyl (C=O) groups is 1. The molecule has 1 heterocycles. The van der Waals surface area contributed by atoms with Crippen LogP contribution in [0.25, 0.3) is 0 Å². The lowest BCUT2D eigenvalue weighted by Crippen LogP contribution is -2.33. The van der Waals surface area contributed by atoms with E-state index in [2.05, 4.69) is 4.90 Å². The number of nitrogens with two attached hydrogens (primary N) is 1. The van der Waals surface area contributed by atoms with Gasteiger partial charge in [0.05, 0.1) is 24.0 Å². The van der Waals surface area contributed by atoms with Crippen molar-refractivity contribution in [3.63, 3.8) is 0 Å². The number of nitrogen functional groups attached to an aromatic ring is 1. The summed E-state index contributed by atoms with van der Waals surface area (Å²) >= 11 is 1.93. The van der Waals surface area contributed by atoms with Crippen molar-refractivity contribution in [2.45, 2.75) is 12.5 Å². The number of carbonyl (C=O) groups excluding carboxylic acids is 1. The van der Waals surface area contributed by atoms with Crippen LogP contribution in [-0.2, 0) is 4.74 Å². The molecule has 0 spiro atoms. The second-order valence-electron chi connectivity index (χ2n) is 4.36. The number of esters is 1. The van der Waals surface area contributed by atoms with Gasteiger partial charge in [0, 0.05) is 18.8 Å². The van der Waals surface area contributed by atoms with E-state index in [0.717, 1.165) is 23.6 Å². The average molecular weight is 266 g/mol. The molecule has 1 fully saturated rings. The van der Waals surface area contributed by atoms with Gasteiger partial charge in [0.1, 0.15) is 0 Å². The Hall–Kier alpha value is -1.36. The summed E-state index contributed by atoms with van der Waals surface area (Å²) in [5, 5.41) is 0. The third-order valence-corrected chi connectivity index (χ3v) is 4.42. The SMILES string of the molecule is COC(=O)c1cccc(N)c1N(C)C1CCSC1. The molecule has 1 aromatic rings. The van der Waals surface area contributed by atoms with Gasteiger partial charge >= 0.3 is 5.97 Å². The van der Waals surface area contributed by atoms with Crippen LogP contribution in [0.15, 0.2) is 18.2 Å². The molecule has 0 aromatic heterocycles. The molecular formula is C13H18N2O2S. The fraction of sp³-hybridized carbons (Fsp3) is 0.462. The molecule has 1 aliphatic rings. The molecule has 0 bridgehead atoms. The normalized spacial score (nSPS) is 18.7. The van der Waals surface area contributed by atoms with Gasteiger partial charge in [-0.05, 0) is 24.3 Å². The van der Waals surface area contributed by atoms with E-state index in [1.807, 2.05) is 24.9 Å². The second-order valence-corrected chi connectivity index (χ2v) is 5.51. The van der Waals surface area contributed by atoms with E-state index in [-0.39, 0.29) is 5.97 Å². The molecule has 2 rings (SSSR count). The first kappa shape index (κ1) is 13.1. The van der Waals surface area contributed by atoms with Gasteiger partial charge < -0.3 is 15.4 Å². The second kappa shape index (κ2) is 5.52. The van der Waals surface area contributed by atoms with Crippen molar-refractivity contribution in [1.82, 2.24) is 0 Å². The number of ether oxygens (including phenoxy) is 1. The van der Waals surface area contributed by atoms with Crippen LogP contribution in [0.5, 0.6) is 0 Å². The highest BCUT2D eigenvalue weighted by Crippen LogP contribution is 2.32. The molecule has 0 saturated carbocycles. The van der Waals surface area contributed by atoms with Gasteiger partial charge in [0.2, 0.25) is 0 Å². The van der Waals surface area contributed by atoms with Gasteiger partial charge in [-0.3, -0.25) is 0 Å². The van der Waals surface area contributed by atoms with E-state index in [0.29, 0.717) is 17.3 Å². The van der Waals surface area contributed by atoms with Gasteiger partial charge in [0.15, 0.2) is 0 Å². The fourth-order valence-corrected chi connectivity index (χ4v) is 3.51. The maximum Gasteiger partial charge on any atom is 0.340 e. The highest BCUT2D eigenvalue weighted by molar-refractivity contribution is 7.99. The number of nitrogens with zero attached hydrogens (tertiary/aromatic N) is 1. The first-order valence-electron chi connectivity index (χ1n) is 5.92. The predicted octanol–water partition coefficient (Wildman–Crippen LogP) is 2.00. The van der Waals surface area contributed by atoms with Gasteiger partial charge in [-0.15, -0.1) is 0 Å². The lowest BCUT2D eigenvalue weighted by atomic mass is 10.1. The minimum atomic E-state index is -0.338. The van der Waals surface area contributed by atoms with Crippen LogP contribution in [0.4, 0.5) is 11.4 Å². The Morgan fingerprint density at radius 2 is 2.33 bits per heavy atom. The van der Waals surface area contributed by atoms with Crippen LogP contribution >= 0.6 is 11.8 Å². The number of anilines is 2. The fourth-order valence-electron chi connectivity index (χ4n) is 2.24. The largest absolute Gasteiger partial charge is 0.465 e. The first-order valence-corrected chi connectivity index (χ1v) is 7.08. The Bertz CT molecular complexity index is 445. The zero-order valence-corrected chi connectivity index (χ0v) is 11.5. The number of hydrogen-bond donors (Lipinski definition) is 1. The van der Waals surface area contributed by atoms with Crippen molar-refractivity contribution in [3.05, 3.63) is 23.8 Å². The summed E-state index contributed by atoms with van der Waals surface area (Å²) in [7, 11) is 3.38. The molecule has 1 unspecified atom stereocenters. The molecule has 1 aliphatic heterocycles. The third kappa shape index (κ3) is 2.41. The number of para-hydroxylation sites is 1. The zero-order chi connectivity index (χ0) is 13.1. The van der Waals surface area contributed by atoms with Crippen molar-refractivity contribution in [3.8, 4) is 0 Å². The summed E-state index contributed by atoms with van der Waals surface area (Å²) in [6.07, 6.45) is 1.12. The summed E-state index contributed by atoms with van der Waals surface area (Å²) in [5.74, 6) is 1.90. The molecular weight excluding hydrogens is 248 g/mol. The smallest absolute Gasteiger partial charge is 0.340 e. The monoisotopic (exact) mass is 266 g/mol. The van der Waals surface area contributed by atoms with Crippen molar-refractivity contribution in [1.29, 1.82) is 0 Å². The number of thioether (sulfide) groups is 1. The van der Waals surface area contributed by atoms with E-state index >= 15 is 0 Å². The number of methoxy groups -OCH3 is 1. The Labute approximate surface area is 111 Å². The quantitative estimate of drug-likeness (QED) is 0.670. The summed E-state index contributed by atoms with van der Waals surface area (Å²) in [6.45, 7) is 0. The van der Waals surface area contributed by atoms with Crippen molar-refractivity contribution >= 4 is 29.1 Å². The average Bonchev–Trinajstić information content (AvgIpc) is 2.90. The lowest BCUT2D eigenvalue weighted by molar-refractivity contribution is 0.0601. The van der Waals surface area contributed by atoms with Gasteiger partial charge in [-0.25, -0.2) is 4.79 Å². The Morgan fingerprint density at radius 1 is 1.56 bits per heavy atom. The summed E-state index contributed by atoms with van der Waals surface area (Å²) in [4.78, 5) is 13.9. The van der Waals surface area contributed by atoms with Crippen LogP contribution in [0.3, 0.4) is 0 Å². The van der Waals surface area contributed by atoms with Gasteiger partial charge in [-0.2, -0.15) is 11.8 Å². The first-order chi connectivity index (χ1) is 8.65. The maximum atomic E-state index is 11.8. The molecule has 5 heteroatoms. The van der Waals surface area contributed by atoms with Crippen LogP contribution < -0.4 is 10.6 Å². The molecule has 1 atom stereocenters. The molecule has 98 valence electrons. The molecule has 0 aliphatic carbocycles. The van der Waals surface area contributed by atoms with Crippen LogP contribution in [-0.4, -0.2) is 37.7 Å². The topological polar surface area (TPSA) is 55.6 Å². The predicted molar refractivity (Wildman–Crippen MR) is 76.3 cm³/mol. The molecule has 18 heavy (non-hydrogen) atoms. The molecule has 0 amide bonds. The van der Waals surface area contributed by atoms with E-state index < -0.39 is 0 Å². The zero-order valence-electron chi connectivity index (χ0n) is 10.7. The van der Waals surface area contributed by atoms with E-state index in [9.17, 15) is 4.79 Å². The third-order valence-electron chi connectivity index (χ3n) is 3.28. The molecule has 4 nitrogen and oxygen atoms in total. The van der Waals surface area contributed by atoms with E-state index in [1.165, 1.54) is 7.11 Å². The summed E-state index contributed by atoms with van der Waals surface area (Å²) in [6, 6.07) is 5.79.